The molecule has 1 heterocycles. The number of rotatable bonds is 2. The Kier molecular flexibility index (Phi) is 2.40. The Labute approximate surface area is 119 Å². The Hall–Kier alpha value is -1.32. The Balaban J connectivity index is 1.58. The molecule has 2 bridgehead atoms. The summed E-state index contributed by atoms with van der Waals surface area (Å²) in [5.74, 6) is 4.00. The molecule has 0 spiro atoms. The van der Waals surface area contributed by atoms with Gasteiger partial charge in [-0.1, -0.05) is 0 Å². The number of anilines is 1. The second-order valence-electron chi connectivity index (χ2n) is 7.78. The molecule has 3 aliphatic rings. The zero-order valence-electron chi connectivity index (χ0n) is 12.5. The summed E-state index contributed by atoms with van der Waals surface area (Å²) in [4.78, 5) is 16.8. The van der Waals surface area contributed by atoms with Gasteiger partial charge in [0.15, 0.2) is 5.82 Å². The van der Waals surface area contributed by atoms with E-state index >= 15 is 0 Å². The third-order valence-electron chi connectivity index (χ3n) is 5.60. The molecule has 3 saturated carbocycles. The van der Waals surface area contributed by atoms with E-state index < -0.39 is 0 Å². The maximum atomic E-state index is 12.5. The predicted octanol–water partition coefficient (Wildman–Crippen LogP) is 2.45. The van der Waals surface area contributed by atoms with E-state index in [4.69, 9.17) is 0 Å². The fraction of sp³-hybridized carbons (Fsp3) is 0.750. The van der Waals surface area contributed by atoms with Crippen LogP contribution >= 0.6 is 0 Å². The van der Waals surface area contributed by atoms with Crippen LogP contribution in [0.3, 0.4) is 0 Å². The van der Waals surface area contributed by atoms with Gasteiger partial charge in [0.2, 0.25) is 0 Å². The van der Waals surface area contributed by atoms with Gasteiger partial charge in [-0.2, -0.15) is 0 Å². The molecule has 20 heavy (non-hydrogen) atoms. The van der Waals surface area contributed by atoms with E-state index in [1.165, 1.54) is 19.3 Å². The van der Waals surface area contributed by atoms with Gasteiger partial charge in [-0.15, -0.1) is 0 Å². The number of hydrogen-bond acceptors (Lipinski definition) is 3. The van der Waals surface area contributed by atoms with Gasteiger partial charge in [0.1, 0.15) is 0 Å². The summed E-state index contributed by atoms with van der Waals surface area (Å²) in [5.41, 5.74) is -0.188. The lowest BCUT2D eigenvalue weighted by Crippen LogP contribution is -2.35. The number of hydrogen-bond donors (Lipinski definition) is 1. The van der Waals surface area contributed by atoms with Crippen molar-refractivity contribution in [1.29, 1.82) is 0 Å². The van der Waals surface area contributed by atoms with Gasteiger partial charge in [-0.05, 0) is 63.7 Å². The highest BCUT2D eigenvalue weighted by atomic mass is 16.1. The first kappa shape index (κ1) is 12.4. The van der Waals surface area contributed by atoms with Crippen molar-refractivity contribution in [3.8, 4) is 0 Å². The van der Waals surface area contributed by atoms with E-state index in [0.29, 0.717) is 11.9 Å². The second-order valence-corrected chi connectivity index (χ2v) is 7.78. The molecule has 0 radical (unpaired) electrons. The van der Waals surface area contributed by atoms with Crippen molar-refractivity contribution < 1.29 is 0 Å². The van der Waals surface area contributed by atoms with E-state index in [1.807, 2.05) is 20.8 Å². The van der Waals surface area contributed by atoms with E-state index in [0.717, 1.165) is 23.7 Å². The van der Waals surface area contributed by atoms with E-state index in [2.05, 4.69) is 10.3 Å². The number of nitrogens with zero attached hydrogens (tertiary/aromatic N) is 2. The van der Waals surface area contributed by atoms with Crippen LogP contribution in [0.2, 0.25) is 0 Å². The van der Waals surface area contributed by atoms with Crippen LogP contribution in [-0.2, 0) is 5.54 Å². The summed E-state index contributed by atoms with van der Waals surface area (Å²) in [7, 11) is 0. The van der Waals surface area contributed by atoms with Crippen LogP contribution in [0.25, 0.3) is 0 Å². The van der Waals surface area contributed by atoms with Crippen LogP contribution in [0.1, 0.15) is 40.0 Å². The molecule has 4 atom stereocenters. The third kappa shape index (κ3) is 1.66. The fourth-order valence-corrected chi connectivity index (χ4v) is 4.72. The lowest BCUT2D eigenvalue weighted by molar-refractivity contribution is 0.383. The molecule has 0 aliphatic heterocycles. The highest BCUT2D eigenvalue weighted by molar-refractivity contribution is 5.38. The van der Waals surface area contributed by atoms with Gasteiger partial charge in [0.25, 0.3) is 5.56 Å². The maximum Gasteiger partial charge on any atom is 0.293 e. The predicted molar refractivity (Wildman–Crippen MR) is 78.7 cm³/mol. The van der Waals surface area contributed by atoms with Crippen molar-refractivity contribution in [1.82, 2.24) is 9.55 Å². The molecule has 4 unspecified atom stereocenters. The lowest BCUT2D eigenvalue weighted by Gasteiger charge is -2.22. The summed E-state index contributed by atoms with van der Waals surface area (Å²) < 4.78 is 1.77. The van der Waals surface area contributed by atoms with Gasteiger partial charge >= 0.3 is 0 Å². The maximum absolute atomic E-state index is 12.5. The van der Waals surface area contributed by atoms with Crippen molar-refractivity contribution in [2.45, 2.75) is 51.6 Å². The molecule has 1 aromatic heterocycles. The van der Waals surface area contributed by atoms with Crippen LogP contribution < -0.4 is 10.9 Å². The highest BCUT2D eigenvalue weighted by Crippen LogP contribution is 2.66. The molecule has 1 aromatic rings. The van der Waals surface area contributed by atoms with Gasteiger partial charge in [0.05, 0.1) is 0 Å². The summed E-state index contributed by atoms with van der Waals surface area (Å²) in [6.45, 7) is 6.14. The van der Waals surface area contributed by atoms with Gasteiger partial charge in [-0.25, -0.2) is 4.98 Å². The van der Waals surface area contributed by atoms with Crippen LogP contribution in [0, 0.1) is 23.7 Å². The highest BCUT2D eigenvalue weighted by Gasteiger charge is 2.65. The molecule has 1 N–H and O–H groups in total. The van der Waals surface area contributed by atoms with Gasteiger partial charge in [-0.3, -0.25) is 4.79 Å². The first-order valence-electron chi connectivity index (χ1n) is 7.81. The van der Waals surface area contributed by atoms with E-state index in [9.17, 15) is 4.79 Å². The van der Waals surface area contributed by atoms with Crippen molar-refractivity contribution in [3.63, 3.8) is 0 Å². The first-order valence-corrected chi connectivity index (χ1v) is 7.81. The number of aromatic nitrogens is 2. The Morgan fingerprint density at radius 1 is 1.25 bits per heavy atom. The molecule has 4 heteroatoms. The van der Waals surface area contributed by atoms with Crippen LogP contribution in [-0.4, -0.2) is 15.6 Å². The minimum atomic E-state index is -0.200. The molecule has 0 saturated heterocycles. The largest absolute Gasteiger partial charge is 0.362 e. The number of nitrogens with one attached hydrogen (secondary N) is 1. The smallest absolute Gasteiger partial charge is 0.293 e. The minimum Gasteiger partial charge on any atom is -0.362 e. The molecule has 0 aromatic carbocycles. The molecule has 108 valence electrons. The summed E-state index contributed by atoms with van der Waals surface area (Å²) in [5, 5.41) is 3.46. The van der Waals surface area contributed by atoms with Crippen LogP contribution in [0.4, 0.5) is 5.82 Å². The average molecular weight is 273 g/mol. The monoisotopic (exact) mass is 273 g/mol. The standard InChI is InChI=1S/C16H23N3O/c1-16(2,3)19-7-6-17-14(15(19)20)18-13-11-9-4-5-10(8-9)12(11)13/h6-7,9-13H,4-5,8H2,1-3H3,(H,17,18). The molecular formula is C16H23N3O. The van der Waals surface area contributed by atoms with Crippen molar-refractivity contribution >= 4 is 5.82 Å². The quantitative estimate of drug-likeness (QED) is 0.900. The molecule has 3 fully saturated rings. The van der Waals surface area contributed by atoms with E-state index in [1.54, 1.807) is 17.0 Å². The summed E-state index contributed by atoms with van der Waals surface area (Å²) in [6, 6.07) is 0.511. The zero-order chi connectivity index (χ0) is 14.1. The van der Waals surface area contributed by atoms with Crippen LogP contribution in [0.5, 0.6) is 0 Å². The summed E-state index contributed by atoms with van der Waals surface area (Å²) in [6.07, 6.45) is 7.76. The first-order chi connectivity index (χ1) is 9.47. The molecule has 4 nitrogen and oxygen atoms in total. The fourth-order valence-electron chi connectivity index (χ4n) is 4.72. The topological polar surface area (TPSA) is 46.9 Å². The third-order valence-corrected chi connectivity index (χ3v) is 5.60. The van der Waals surface area contributed by atoms with E-state index in [-0.39, 0.29) is 11.1 Å². The summed E-state index contributed by atoms with van der Waals surface area (Å²) >= 11 is 0. The second kappa shape index (κ2) is 3.86. The SMILES string of the molecule is CC(C)(C)n1ccnc(NC2C3C4CCC(C4)C23)c1=O. The minimum absolute atomic E-state index is 0.0114. The average Bonchev–Trinajstić information content (AvgIpc) is 2.78. The van der Waals surface area contributed by atoms with Crippen LogP contribution in [0.15, 0.2) is 17.2 Å². The molecule has 3 aliphatic carbocycles. The Morgan fingerprint density at radius 3 is 2.50 bits per heavy atom. The van der Waals surface area contributed by atoms with Gasteiger partial charge in [0, 0.05) is 24.0 Å². The van der Waals surface area contributed by atoms with Crippen molar-refractivity contribution in [3.05, 3.63) is 22.7 Å². The van der Waals surface area contributed by atoms with Crippen molar-refractivity contribution in [2.75, 3.05) is 5.32 Å². The Bertz CT molecular complexity index is 584. The molecule has 0 amide bonds. The normalized spacial score (nSPS) is 37.9. The number of fused-ring (bicyclic) bond motifs is 5. The van der Waals surface area contributed by atoms with Gasteiger partial charge < -0.3 is 9.88 Å². The Morgan fingerprint density at radius 2 is 1.90 bits per heavy atom. The zero-order valence-corrected chi connectivity index (χ0v) is 12.5. The molecular weight excluding hydrogens is 250 g/mol. The van der Waals surface area contributed by atoms with Crippen molar-refractivity contribution in [2.24, 2.45) is 23.7 Å². The lowest BCUT2D eigenvalue weighted by atomic mass is 10.0. The molecule has 4 rings (SSSR count).